The number of allylic oxidation sites excluding steroid dienone is 1. The van der Waals surface area contributed by atoms with Crippen LogP contribution in [0.15, 0.2) is 133 Å². The Morgan fingerprint density at radius 1 is 0.725 bits per heavy atom. The predicted octanol–water partition coefficient (Wildman–Crippen LogP) is 8.52. The minimum absolute atomic E-state index is 0. The van der Waals surface area contributed by atoms with Gasteiger partial charge in [0.2, 0.25) is 11.6 Å². The van der Waals surface area contributed by atoms with E-state index in [1.807, 2.05) is 72.8 Å². The SMILES string of the molecule is C.C1=CCN=C1.C1CCOC1.CS(=O)(=O)OCc1cc(Cl)c(F)c(NC(=O)c2ncn(Cc3ccccc3)n2)c1.O=C(Nc1cc(Cn2cccn2)cc(Cl)c1F)c1ncn(Cc2ccccc2)n1. The number of benzene rings is 4. The largest absolute Gasteiger partial charge is 0.381 e. The molecule has 17 nitrogen and oxygen atoms in total. The highest BCUT2D eigenvalue weighted by Crippen LogP contribution is 2.27. The van der Waals surface area contributed by atoms with Crippen molar-refractivity contribution in [3.63, 3.8) is 0 Å². The Morgan fingerprint density at radius 2 is 1.23 bits per heavy atom. The van der Waals surface area contributed by atoms with Crippen LogP contribution in [0.2, 0.25) is 10.0 Å². The zero-order valence-corrected chi connectivity index (χ0v) is 38.8. The number of carbonyl (C=O) groups is 2. The van der Waals surface area contributed by atoms with E-state index in [0.29, 0.717) is 25.2 Å². The number of aromatic nitrogens is 8. The van der Waals surface area contributed by atoms with Crippen molar-refractivity contribution in [2.75, 3.05) is 36.6 Å². The number of hydrogen-bond donors (Lipinski definition) is 2. The molecule has 2 aliphatic rings. The number of halogens is 4. The van der Waals surface area contributed by atoms with Crippen LogP contribution in [0.3, 0.4) is 0 Å². The van der Waals surface area contributed by atoms with Crippen molar-refractivity contribution < 1.29 is 35.7 Å². The van der Waals surface area contributed by atoms with Gasteiger partial charge in [0.1, 0.15) is 12.7 Å². The average Bonchev–Trinajstić information content (AvgIpc) is 4.19. The lowest BCUT2D eigenvalue weighted by molar-refractivity contribution is 0.100. The van der Waals surface area contributed by atoms with Gasteiger partial charge >= 0.3 is 0 Å². The highest BCUT2D eigenvalue weighted by molar-refractivity contribution is 7.85. The maximum Gasteiger partial charge on any atom is 0.295 e. The molecule has 0 aliphatic carbocycles. The van der Waals surface area contributed by atoms with E-state index in [0.717, 1.165) is 37.1 Å². The smallest absolute Gasteiger partial charge is 0.295 e. The number of nitrogens with one attached hydrogen (secondary N) is 2. The molecule has 0 unspecified atom stereocenters. The Morgan fingerprint density at radius 3 is 1.65 bits per heavy atom. The van der Waals surface area contributed by atoms with Crippen LogP contribution < -0.4 is 10.6 Å². The van der Waals surface area contributed by atoms with Crippen molar-refractivity contribution in [3.05, 3.63) is 184 Å². The summed E-state index contributed by atoms with van der Waals surface area (Å²) in [4.78, 5) is 36.7. The minimum atomic E-state index is -3.69. The number of rotatable bonds is 13. The normalized spacial score (nSPS) is 12.4. The standard InChI is InChI=1S/C20H16ClFN6O.C18H16ClFN4O4S.C4H5N.C4H8O.CH4/c21-16-9-15(12-27-8-4-7-24-27)10-17(18(16)22)25-20(29)19-23-13-28(26-19)11-14-5-2-1-3-6-14;1-29(26,27)28-10-13-7-14(19)16(20)15(8-13)22-18(25)17-21-11-24(23-17)9-12-5-3-2-4-6-12;2*1-2-4-5-3-1;/h1-10,13H,11-12H2,(H,25,29);2-8,11H,9-10H2,1H3,(H,22,25);1-3H,4H2;1-4H2;1H4. The summed E-state index contributed by atoms with van der Waals surface area (Å²) in [5.74, 6) is -3.17. The molecular formula is C47H49Cl2F2N11O6S. The molecule has 2 aliphatic heterocycles. The first kappa shape index (κ1) is 53.0. The van der Waals surface area contributed by atoms with E-state index in [1.54, 1.807) is 34.0 Å². The molecule has 0 atom stereocenters. The Labute approximate surface area is 408 Å². The number of carbonyl (C=O) groups excluding carboxylic acids is 2. The number of aliphatic imine (C=N–C) groups is 1. The van der Waals surface area contributed by atoms with Crippen molar-refractivity contribution in [1.29, 1.82) is 0 Å². The van der Waals surface area contributed by atoms with E-state index >= 15 is 0 Å². The molecule has 1 saturated heterocycles. The first-order valence-corrected chi connectivity index (χ1v) is 23.4. The predicted molar refractivity (Wildman–Crippen MR) is 260 cm³/mol. The number of anilines is 2. The van der Waals surface area contributed by atoms with Gasteiger partial charge in [-0.3, -0.25) is 23.4 Å². The van der Waals surface area contributed by atoms with E-state index < -0.39 is 33.6 Å². The molecule has 22 heteroatoms. The maximum atomic E-state index is 14.4. The van der Waals surface area contributed by atoms with E-state index in [1.165, 1.54) is 54.4 Å². The second-order valence-electron chi connectivity index (χ2n) is 14.7. The first-order chi connectivity index (χ1) is 32.8. The Bertz CT molecular complexity index is 2900. The van der Waals surface area contributed by atoms with Crippen LogP contribution >= 0.6 is 23.2 Å². The number of hydrogen-bond acceptors (Lipinski definition) is 12. The number of nitrogens with zero attached hydrogens (tertiary/aromatic N) is 9. The Kier molecular flexibility index (Phi) is 20.4. The van der Waals surface area contributed by atoms with Crippen molar-refractivity contribution in [2.45, 2.75) is 46.5 Å². The summed E-state index contributed by atoms with van der Waals surface area (Å²) in [7, 11) is -3.69. The van der Waals surface area contributed by atoms with Gasteiger partial charge in [-0.2, -0.15) is 13.5 Å². The van der Waals surface area contributed by atoms with Crippen LogP contribution in [0.4, 0.5) is 20.2 Å². The van der Waals surface area contributed by atoms with Gasteiger partial charge in [0, 0.05) is 31.8 Å². The van der Waals surface area contributed by atoms with E-state index in [9.17, 15) is 26.8 Å². The van der Waals surface area contributed by atoms with E-state index in [4.69, 9.17) is 27.9 Å². The summed E-state index contributed by atoms with van der Waals surface area (Å²) in [6.45, 7) is 3.81. The quantitative estimate of drug-likeness (QED) is 0.105. The molecule has 2 amide bonds. The van der Waals surface area contributed by atoms with Crippen LogP contribution in [0.5, 0.6) is 0 Å². The summed E-state index contributed by atoms with van der Waals surface area (Å²) in [5, 5.41) is 16.8. The molecule has 69 heavy (non-hydrogen) atoms. The molecule has 3 aromatic heterocycles. The highest BCUT2D eigenvalue weighted by Gasteiger charge is 2.19. The summed E-state index contributed by atoms with van der Waals surface area (Å²) in [6, 6.07) is 26.4. The summed E-state index contributed by atoms with van der Waals surface area (Å²) in [5.41, 5.74) is 2.67. The van der Waals surface area contributed by atoms with Gasteiger partial charge in [-0.05, 0) is 71.5 Å². The minimum Gasteiger partial charge on any atom is -0.381 e. The number of ether oxygens (including phenoxy) is 1. The van der Waals surface area contributed by atoms with Gasteiger partial charge in [0.05, 0.1) is 60.5 Å². The molecule has 4 aromatic carbocycles. The molecule has 5 heterocycles. The maximum absolute atomic E-state index is 14.4. The van der Waals surface area contributed by atoms with Crippen molar-refractivity contribution >= 4 is 62.7 Å². The molecule has 2 N–H and O–H groups in total. The van der Waals surface area contributed by atoms with Gasteiger partial charge in [0.25, 0.3) is 21.9 Å². The molecule has 0 saturated carbocycles. The lowest BCUT2D eigenvalue weighted by Crippen LogP contribution is -2.16. The van der Waals surface area contributed by atoms with Crippen molar-refractivity contribution in [1.82, 2.24) is 39.3 Å². The molecule has 9 rings (SSSR count). The Balaban J connectivity index is 0.000000211. The topological polar surface area (TPSA) is 202 Å². The van der Waals surface area contributed by atoms with Crippen molar-refractivity contribution in [2.24, 2.45) is 4.99 Å². The van der Waals surface area contributed by atoms with Crippen LogP contribution in [0.25, 0.3) is 0 Å². The lowest BCUT2D eigenvalue weighted by Gasteiger charge is -2.10. The van der Waals surface area contributed by atoms with Crippen LogP contribution in [-0.2, 0) is 45.3 Å². The van der Waals surface area contributed by atoms with Gasteiger partial charge in [-0.25, -0.2) is 28.1 Å². The molecule has 7 aromatic rings. The first-order valence-electron chi connectivity index (χ1n) is 20.8. The number of amides is 2. The van der Waals surface area contributed by atoms with E-state index in [2.05, 4.69) is 45.1 Å². The zero-order valence-electron chi connectivity index (χ0n) is 36.5. The summed E-state index contributed by atoms with van der Waals surface area (Å²) >= 11 is 11.8. The third-order valence-corrected chi connectivity index (χ3v) is 10.3. The lowest BCUT2D eigenvalue weighted by atomic mass is 10.2. The van der Waals surface area contributed by atoms with Gasteiger partial charge < -0.3 is 15.4 Å². The average molecular weight is 1000 g/mol. The fraction of sp³-hybridized carbons (Fsp3) is 0.234. The van der Waals surface area contributed by atoms with Gasteiger partial charge in [0.15, 0.2) is 11.6 Å². The molecule has 0 radical (unpaired) electrons. The van der Waals surface area contributed by atoms with Crippen LogP contribution in [0.1, 0.15) is 63.8 Å². The molecule has 0 spiro atoms. The molecule has 362 valence electrons. The second-order valence-corrected chi connectivity index (χ2v) is 17.2. The monoisotopic (exact) mass is 1000 g/mol. The van der Waals surface area contributed by atoms with Crippen molar-refractivity contribution in [3.8, 4) is 0 Å². The summed E-state index contributed by atoms with van der Waals surface area (Å²) < 4.78 is 65.2. The van der Waals surface area contributed by atoms with Crippen LogP contribution in [0, 0.1) is 11.6 Å². The van der Waals surface area contributed by atoms with E-state index in [-0.39, 0.29) is 52.7 Å². The third-order valence-electron chi connectivity index (χ3n) is 9.24. The second kappa shape index (κ2) is 26.5. The third kappa shape index (κ3) is 17.6. The zero-order chi connectivity index (χ0) is 48.3. The molecular weight excluding hydrogens is 956 g/mol. The summed E-state index contributed by atoms with van der Waals surface area (Å²) in [6.07, 6.45) is 15.5. The molecule has 1 fully saturated rings. The Hall–Kier alpha value is -6.97. The fourth-order valence-electron chi connectivity index (χ4n) is 6.06. The highest BCUT2D eigenvalue weighted by atomic mass is 35.5. The van der Waals surface area contributed by atoms with Gasteiger partial charge in [-0.15, -0.1) is 10.2 Å². The van der Waals surface area contributed by atoms with Gasteiger partial charge in [-0.1, -0.05) is 97.4 Å². The van der Waals surface area contributed by atoms with Crippen LogP contribution in [-0.4, -0.2) is 91.8 Å². The molecule has 0 bridgehead atoms. The fourth-order valence-corrected chi connectivity index (χ4v) is 6.90.